The molecule has 22 heavy (non-hydrogen) atoms. The second-order valence-corrected chi connectivity index (χ2v) is 7.51. The first-order chi connectivity index (χ1) is 10.4. The van der Waals surface area contributed by atoms with Crippen molar-refractivity contribution in [2.45, 2.75) is 66.7 Å². The molecule has 0 heterocycles. The summed E-state index contributed by atoms with van der Waals surface area (Å²) in [6.45, 7) is 15.5. The third-order valence-corrected chi connectivity index (χ3v) is 6.03. The summed E-state index contributed by atoms with van der Waals surface area (Å²) in [5, 5.41) is 0. The van der Waals surface area contributed by atoms with E-state index >= 15 is 0 Å². The molecule has 3 nitrogen and oxygen atoms in total. The van der Waals surface area contributed by atoms with Crippen molar-refractivity contribution in [3.63, 3.8) is 0 Å². The molecule has 1 aliphatic rings. The first-order valence-corrected chi connectivity index (χ1v) is 9.34. The van der Waals surface area contributed by atoms with Crippen LogP contribution < -0.4 is 0 Å². The van der Waals surface area contributed by atoms with Crippen LogP contribution in [0.3, 0.4) is 0 Å². The molecule has 0 aromatic carbocycles. The number of hydrogen-bond acceptors (Lipinski definition) is 2. The molecule has 0 aromatic heterocycles. The van der Waals surface area contributed by atoms with Gasteiger partial charge in [-0.15, -0.1) is 0 Å². The van der Waals surface area contributed by atoms with Crippen molar-refractivity contribution in [2.24, 2.45) is 17.3 Å². The Labute approximate surface area is 138 Å². The number of hydrogen-bond donors (Lipinski definition) is 0. The lowest BCUT2D eigenvalue weighted by Crippen LogP contribution is -2.31. The van der Waals surface area contributed by atoms with E-state index in [2.05, 4.69) is 39.5 Å². The van der Waals surface area contributed by atoms with Gasteiger partial charge in [0.05, 0.1) is 0 Å². The van der Waals surface area contributed by atoms with Crippen LogP contribution >= 0.6 is 0 Å². The Bertz CT molecular complexity index is 336. The van der Waals surface area contributed by atoms with Gasteiger partial charge in [0, 0.05) is 20.0 Å². The lowest BCUT2D eigenvalue weighted by molar-refractivity contribution is -0.131. The minimum atomic E-state index is 0.326. The van der Waals surface area contributed by atoms with Gasteiger partial charge in [-0.1, -0.05) is 41.0 Å². The van der Waals surface area contributed by atoms with E-state index < -0.39 is 0 Å². The van der Waals surface area contributed by atoms with Gasteiger partial charge in [0.25, 0.3) is 0 Å². The molecule has 0 radical (unpaired) electrons. The fourth-order valence-corrected chi connectivity index (χ4v) is 3.58. The topological polar surface area (TPSA) is 23.6 Å². The minimum absolute atomic E-state index is 0.326. The smallest absolute Gasteiger partial charge is 0.222 e. The molecular formula is C19H38N2O. The van der Waals surface area contributed by atoms with Crippen molar-refractivity contribution in [3.05, 3.63) is 0 Å². The van der Waals surface area contributed by atoms with E-state index in [9.17, 15) is 4.79 Å². The Balaban J connectivity index is 2.25. The maximum Gasteiger partial charge on any atom is 0.222 e. The molecule has 0 aliphatic heterocycles. The molecule has 1 amide bonds. The van der Waals surface area contributed by atoms with Crippen LogP contribution in [0.15, 0.2) is 0 Å². The maximum absolute atomic E-state index is 12.4. The zero-order valence-electron chi connectivity index (χ0n) is 15.8. The second-order valence-electron chi connectivity index (χ2n) is 7.51. The van der Waals surface area contributed by atoms with E-state index in [4.69, 9.17) is 0 Å². The maximum atomic E-state index is 12.4. The predicted molar refractivity (Wildman–Crippen MR) is 94.9 cm³/mol. The zero-order chi connectivity index (χ0) is 16.8. The molecule has 1 fully saturated rings. The van der Waals surface area contributed by atoms with Gasteiger partial charge in [-0.05, 0) is 56.1 Å². The number of amides is 1. The van der Waals surface area contributed by atoms with Crippen molar-refractivity contribution in [3.8, 4) is 0 Å². The summed E-state index contributed by atoms with van der Waals surface area (Å²) in [5.74, 6) is 1.66. The molecule has 1 saturated carbocycles. The van der Waals surface area contributed by atoms with Crippen molar-refractivity contribution in [2.75, 3.05) is 33.2 Å². The average molecular weight is 311 g/mol. The summed E-state index contributed by atoms with van der Waals surface area (Å²) in [4.78, 5) is 16.8. The first-order valence-electron chi connectivity index (χ1n) is 9.34. The van der Waals surface area contributed by atoms with Gasteiger partial charge in [-0.3, -0.25) is 4.79 Å². The van der Waals surface area contributed by atoms with Gasteiger partial charge < -0.3 is 9.80 Å². The van der Waals surface area contributed by atoms with E-state index in [-0.39, 0.29) is 0 Å². The van der Waals surface area contributed by atoms with Crippen LogP contribution in [0.5, 0.6) is 0 Å². The molecule has 0 N–H and O–H groups in total. The predicted octanol–water partition coefficient (Wildman–Crippen LogP) is 4.03. The van der Waals surface area contributed by atoms with Crippen LogP contribution in [-0.2, 0) is 4.79 Å². The third kappa shape index (κ3) is 5.57. The molecule has 3 unspecified atom stereocenters. The number of carbonyl (C=O) groups is 1. The minimum Gasteiger partial charge on any atom is -0.346 e. The van der Waals surface area contributed by atoms with Crippen LogP contribution in [0.2, 0.25) is 0 Å². The Morgan fingerprint density at radius 2 is 1.82 bits per heavy atom. The van der Waals surface area contributed by atoms with Gasteiger partial charge in [-0.25, -0.2) is 0 Å². The highest BCUT2D eigenvalue weighted by molar-refractivity contribution is 5.76. The van der Waals surface area contributed by atoms with Crippen LogP contribution in [0.1, 0.15) is 66.7 Å². The van der Waals surface area contributed by atoms with Crippen LogP contribution in [0.4, 0.5) is 0 Å². The average Bonchev–Trinajstić information content (AvgIpc) is 3.16. The Kier molecular flexibility index (Phi) is 7.88. The van der Waals surface area contributed by atoms with Crippen LogP contribution in [0.25, 0.3) is 0 Å². The SMILES string of the molecule is CCN(CC)CCC(C)CC(=O)N(C)CCC1(CC)CC1C. The van der Waals surface area contributed by atoms with Crippen molar-refractivity contribution in [1.29, 1.82) is 0 Å². The largest absolute Gasteiger partial charge is 0.346 e. The molecule has 0 spiro atoms. The van der Waals surface area contributed by atoms with Crippen LogP contribution in [0, 0.1) is 17.3 Å². The monoisotopic (exact) mass is 310 g/mol. The lowest BCUT2D eigenvalue weighted by Gasteiger charge is -2.24. The summed E-state index contributed by atoms with van der Waals surface area (Å²) in [7, 11) is 1.98. The van der Waals surface area contributed by atoms with Crippen molar-refractivity contribution < 1.29 is 4.79 Å². The van der Waals surface area contributed by atoms with E-state index in [1.807, 2.05) is 11.9 Å². The van der Waals surface area contributed by atoms with Crippen molar-refractivity contribution in [1.82, 2.24) is 9.80 Å². The molecule has 1 aliphatic carbocycles. The molecule has 3 atom stereocenters. The summed E-state index contributed by atoms with van der Waals surface area (Å²) in [6.07, 6.45) is 5.62. The van der Waals surface area contributed by atoms with E-state index in [1.165, 1.54) is 19.3 Å². The Morgan fingerprint density at radius 1 is 1.23 bits per heavy atom. The summed E-state index contributed by atoms with van der Waals surface area (Å²) >= 11 is 0. The quantitative estimate of drug-likeness (QED) is 0.575. The highest BCUT2D eigenvalue weighted by Crippen LogP contribution is 2.57. The third-order valence-electron chi connectivity index (χ3n) is 6.03. The Hall–Kier alpha value is -0.570. The number of carbonyl (C=O) groups excluding carboxylic acids is 1. The van der Waals surface area contributed by atoms with E-state index in [1.54, 1.807) is 0 Å². The highest BCUT2D eigenvalue weighted by Gasteiger charge is 2.48. The van der Waals surface area contributed by atoms with Gasteiger partial charge in [0.1, 0.15) is 0 Å². The van der Waals surface area contributed by atoms with Crippen LogP contribution in [-0.4, -0.2) is 48.9 Å². The summed E-state index contributed by atoms with van der Waals surface area (Å²) < 4.78 is 0. The Morgan fingerprint density at radius 3 is 2.27 bits per heavy atom. The molecular weight excluding hydrogens is 272 g/mol. The lowest BCUT2D eigenvalue weighted by atomic mass is 9.96. The van der Waals surface area contributed by atoms with Crippen molar-refractivity contribution >= 4 is 5.91 Å². The fourth-order valence-electron chi connectivity index (χ4n) is 3.58. The zero-order valence-corrected chi connectivity index (χ0v) is 15.8. The molecule has 1 rings (SSSR count). The highest BCUT2D eigenvalue weighted by atomic mass is 16.2. The normalized spacial score (nSPS) is 25.3. The van der Waals surface area contributed by atoms with Gasteiger partial charge in [0.15, 0.2) is 0 Å². The second kappa shape index (κ2) is 8.90. The summed E-state index contributed by atoms with van der Waals surface area (Å²) in [5.41, 5.74) is 0.545. The molecule has 130 valence electrons. The van der Waals surface area contributed by atoms with Gasteiger partial charge in [-0.2, -0.15) is 0 Å². The van der Waals surface area contributed by atoms with E-state index in [0.717, 1.165) is 38.5 Å². The van der Waals surface area contributed by atoms with E-state index in [0.29, 0.717) is 23.7 Å². The molecule has 0 saturated heterocycles. The first kappa shape index (κ1) is 19.5. The molecule has 3 heteroatoms. The summed E-state index contributed by atoms with van der Waals surface area (Å²) in [6, 6.07) is 0. The standard InChI is InChI=1S/C19H38N2O/c1-7-19(15-17(19)5)11-13-20(6)18(22)14-16(4)10-12-21(8-2)9-3/h16-17H,7-15H2,1-6H3. The molecule has 0 aromatic rings. The fraction of sp³-hybridized carbons (Fsp3) is 0.947. The van der Waals surface area contributed by atoms with Gasteiger partial charge >= 0.3 is 0 Å². The van der Waals surface area contributed by atoms with Gasteiger partial charge in [0.2, 0.25) is 5.91 Å². The number of rotatable bonds is 11. The number of nitrogens with zero attached hydrogens (tertiary/aromatic N) is 2. The molecule has 0 bridgehead atoms.